The summed E-state index contributed by atoms with van der Waals surface area (Å²) in [6, 6.07) is 3.73. The maximum Gasteiger partial charge on any atom is 0.167 e. The van der Waals surface area contributed by atoms with Crippen LogP contribution in [0.4, 0.5) is 0 Å². The highest BCUT2D eigenvalue weighted by molar-refractivity contribution is 7.80. The van der Waals surface area contributed by atoms with E-state index in [0.717, 1.165) is 5.56 Å². The van der Waals surface area contributed by atoms with Crippen molar-refractivity contribution in [3.05, 3.63) is 30.1 Å². The van der Waals surface area contributed by atoms with Gasteiger partial charge in [0.25, 0.3) is 0 Å². The monoisotopic (exact) mass is 281 g/mol. The molecule has 4 nitrogen and oxygen atoms in total. The second-order valence-electron chi connectivity index (χ2n) is 5.75. The topological polar surface area (TPSA) is 62.4 Å². The highest BCUT2D eigenvalue weighted by Gasteiger charge is 2.32. The van der Waals surface area contributed by atoms with Crippen LogP contribution in [-0.2, 0) is 6.42 Å². The maximum absolute atomic E-state index is 10.1. The Bertz CT molecular complexity index is 414. The Hall–Kier alpha value is -1.20. The molecule has 0 aliphatic carbocycles. The first kappa shape index (κ1) is 15.9. The Balaban J connectivity index is 3.02. The van der Waals surface area contributed by atoms with Crippen molar-refractivity contribution in [2.45, 2.75) is 51.8 Å². The number of hydrogen-bond acceptors (Lipinski definition) is 3. The summed E-state index contributed by atoms with van der Waals surface area (Å²) >= 11 is 5.16. The van der Waals surface area contributed by atoms with Crippen molar-refractivity contribution < 1.29 is 5.11 Å². The van der Waals surface area contributed by atoms with Gasteiger partial charge in [-0.25, -0.2) is 0 Å². The third kappa shape index (κ3) is 4.44. The molecule has 1 aromatic rings. The first-order valence-electron chi connectivity index (χ1n) is 6.39. The fourth-order valence-corrected chi connectivity index (χ4v) is 2.64. The lowest BCUT2D eigenvalue weighted by molar-refractivity contribution is 0.0582. The molecule has 1 unspecified atom stereocenters. The van der Waals surface area contributed by atoms with Gasteiger partial charge in [0.05, 0.1) is 12.1 Å². The van der Waals surface area contributed by atoms with Gasteiger partial charge in [-0.3, -0.25) is 4.98 Å². The zero-order chi connectivity index (χ0) is 14.6. The SMILES string of the molecule is CC(O)[C@@H](Cc1ccncc1)N(C(N)=S)C(C)(C)C. The number of hydrogen-bond donors (Lipinski definition) is 2. The molecule has 0 saturated carbocycles. The molecule has 0 aliphatic rings. The van der Waals surface area contributed by atoms with E-state index in [0.29, 0.717) is 11.5 Å². The summed E-state index contributed by atoms with van der Waals surface area (Å²) < 4.78 is 0. The Kier molecular flexibility index (Phi) is 5.26. The van der Waals surface area contributed by atoms with Crippen LogP contribution in [0.1, 0.15) is 33.3 Å². The molecule has 106 valence electrons. The van der Waals surface area contributed by atoms with Gasteiger partial charge in [-0.1, -0.05) is 0 Å². The molecule has 1 aromatic heterocycles. The first-order chi connectivity index (χ1) is 8.73. The number of aromatic nitrogens is 1. The number of aliphatic hydroxyl groups is 1. The van der Waals surface area contributed by atoms with Crippen LogP contribution in [0.3, 0.4) is 0 Å². The van der Waals surface area contributed by atoms with Crippen LogP contribution in [0.15, 0.2) is 24.5 Å². The molecule has 0 fully saturated rings. The Morgan fingerprint density at radius 1 is 1.42 bits per heavy atom. The molecule has 3 N–H and O–H groups in total. The second-order valence-corrected chi connectivity index (χ2v) is 6.16. The van der Waals surface area contributed by atoms with E-state index in [1.807, 2.05) is 37.8 Å². The van der Waals surface area contributed by atoms with Crippen molar-refractivity contribution in [3.8, 4) is 0 Å². The normalized spacial score (nSPS) is 14.8. The summed E-state index contributed by atoms with van der Waals surface area (Å²) in [5, 5.41) is 10.4. The third-order valence-electron chi connectivity index (χ3n) is 3.04. The zero-order valence-electron chi connectivity index (χ0n) is 12.0. The number of pyridine rings is 1. The molecule has 0 aliphatic heterocycles. The molecular weight excluding hydrogens is 258 g/mol. The van der Waals surface area contributed by atoms with Gasteiger partial charge in [-0.05, 0) is 64.0 Å². The fourth-order valence-electron chi connectivity index (χ4n) is 2.23. The predicted octanol–water partition coefficient (Wildman–Crippen LogP) is 1.72. The minimum Gasteiger partial charge on any atom is -0.391 e. The zero-order valence-corrected chi connectivity index (χ0v) is 12.8. The lowest BCUT2D eigenvalue weighted by atomic mass is 9.96. The third-order valence-corrected chi connectivity index (χ3v) is 3.24. The van der Waals surface area contributed by atoms with E-state index in [4.69, 9.17) is 18.0 Å². The van der Waals surface area contributed by atoms with Crippen molar-refractivity contribution in [1.82, 2.24) is 9.88 Å². The van der Waals surface area contributed by atoms with Gasteiger partial charge in [-0.2, -0.15) is 0 Å². The largest absolute Gasteiger partial charge is 0.391 e. The average Bonchev–Trinajstić information content (AvgIpc) is 2.27. The van der Waals surface area contributed by atoms with Crippen LogP contribution in [-0.4, -0.2) is 37.8 Å². The van der Waals surface area contributed by atoms with E-state index in [-0.39, 0.29) is 11.6 Å². The van der Waals surface area contributed by atoms with Gasteiger partial charge >= 0.3 is 0 Å². The maximum atomic E-state index is 10.1. The molecule has 5 heteroatoms. The number of thiocarbonyl (C=S) groups is 1. The average molecular weight is 281 g/mol. The summed E-state index contributed by atoms with van der Waals surface area (Å²) in [4.78, 5) is 5.91. The van der Waals surface area contributed by atoms with Crippen LogP contribution in [0.25, 0.3) is 0 Å². The van der Waals surface area contributed by atoms with Crippen LogP contribution in [0, 0.1) is 0 Å². The van der Waals surface area contributed by atoms with Crippen molar-refractivity contribution in [2.24, 2.45) is 5.73 Å². The smallest absolute Gasteiger partial charge is 0.167 e. The molecule has 1 heterocycles. The minimum atomic E-state index is -0.533. The summed E-state index contributed by atoms with van der Waals surface area (Å²) in [6.07, 6.45) is 3.64. The van der Waals surface area contributed by atoms with Crippen molar-refractivity contribution >= 4 is 17.3 Å². The molecule has 0 bridgehead atoms. The van der Waals surface area contributed by atoms with Crippen LogP contribution >= 0.6 is 12.2 Å². The van der Waals surface area contributed by atoms with Gasteiger partial charge in [0.15, 0.2) is 5.11 Å². The molecular formula is C14H23N3OS. The summed E-state index contributed by atoms with van der Waals surface area (Å²) in [5.41, 5.74) is 6.72. The number of nitrogens with zero attached hydrogens (tertiary/aromatic N) is 2. The van der Waals surface area contributed by atoms with E-state index in [1.165, 1.54) is 0 Å². The van der Waals surface area contributed by atoms with Gasteiger partial charge in [0.2, 0.25) is 0 Å². The van der Waals surface area contributed by atoms with E-state index in [2.05, 4.69) is 4.98 Å². The van der Waals surface area contributed by atoms with Crippen LogP contribution < -0.4 is 5.73 Å². The summed E-state index contributed by atoms with van der Waals surface area (Å²) in [7, 11) is 0. The van der Waals surface area contributed by atoms with Gasteiger partial charge in [0.1, 0.15) is 0 Å². The number of aliphatic hydroxyl groups excluding tert-OH is 1. The molecule has 0 aromatic carbocycles. The van der Waals surface area contributed by atoms with Gasteiger partial charge in [-0.15, -0.1) is 0 Å². The molecule has 0 spiro atoms. The van der Waals surface area contributed by atoms with Crippen molar-refractivity contribution in [2.75, 3.05) is 0 Å². The highest BCUT2D eigenvalue weighted by atomic mass is 32.1. The molecule has 0 radical (unpaired) electrons. The summed E-state index contributed by atoms with van der Waals surface area (Å²) in [6.45, 7) is 7.87. The minimum absolute atomic E-state index is 0.153. The molecule has 1 rings (SSSR count). The number of rotatable bonds is 4. The highest BCUT2D eigenvalue weighted by Crippen LogP contribution is 2.22. The molecule has 0 amide bonds. The quantitative estimate of drug-likeness (QED) is 0.823. The van der Waals surface area contributed by atoms with Crippen molar-refractivity contribution in [3.63, 3.8) is 0 Å². The Morgan fingerprint density at radius 3 is 2.32 bits per heavy atom. The van der Waals surface area contributed by atoms with E-state index >= 15 is 0 Å². The first-order valence-corrected chi connectivity index (χ1v) is 6.80. The standard InChI is InChI=1S/C14H23N3OS/c1-10(18)12(9-11-5-7-16-8-6-11)17(13(15)19)14(2,3)4/h5-8,10,12,18H,9H2,1-4H3,(H2,15,19)/t10?,12-/m1/s1. The van der Waals surface area contributed by atoms with E-state index < -0.39 is 6.10 Å². The Labute approximate surface area is 120 Å². The van der Waals surface area contributed by atoms with E-state index in [9.17, 15) is 5.11 Å². The van der Waals surface area contributed by atoms with Gasteiger partial charge in [0, 0.05) is 17.9 Å². The van der Waals surface area contributed by atoms with Crippen LogP contribution in [0.2, 0.25) is 0 Å². The van der Waals surface area contributed by atoms with Crippen LogP contribution in [0.5, 0.6) is 0 Å². The Morgan fingerprint density at radius 2 is 1.95 bits per heavy atom. The lowest BCUT2D eigenvalue weighted by Crippen LogP contribution is -2.57. The van der Waals surface area contributed by atoms with E-state index in [1.54, 1.807) is 19.3 Å². The second kappa shape index (κ2) is 6.30. The molecule has 19 heavy (non-hydrogen) atoms. The van der Waals surface area contributed by atoms with Gasteiger partial charge < -0.3 is 15.7 Å². The summed E-state index contributed by atoms with van der Waals surface area (Å²) in [5.74, 6) is 0. The predicted molar refractivity (Wildman–Crippen MR) is 81.8 cm³/mol. The molecule has 0 saturated heterocycles. The fraction of sp³-hybridized carbons (Fsp3) is 0.571. The molecule has 2 atom stereocenters. The van der Waals surface area contributed by atoms with Crippen molar-refractivity contribution in [1.29, 1.82) is 0 Å². The lowest BCUT2D eigenvalue weighted by Gasteiger charge is -2.43. The number of nitrogens with two attached hydrogens (primary N) is 1.